The van der Waals surface area contributed by atoms with Crippen LogP contribution in [0.1, 0.15) is 136 Å². The number of ether oxygens (including phenoxy) is 2. The first-order valence-electron chi connectivity index (χ1n) is 17.8. The quantitative estimate of drug-likeness (QED) is 0.167. The minimum atomic E-state index is -0.273. The largest absolute Gasteiger partial charge is 4.00 e. The van der Waals surface area contributed by atoms with Gasteiger partial charge >= 0.3 is 43.4 Å². The van der Waals surface area contributed by atoms with Gasteiger partial charge in [-0.05, 0) is 25.7 Å². The second-order valence-electron chi connectivity index (χ2n) is 15.2. The van der Waals surface area contributed by atoms with Crippen molar-refractivity contribution >= 4 is 0 Å². The van der Waals surface area contributed by atoms with E-state index in [1.807, 2.05) is 27.7 Å². The smallest absolute Gasteiger partial charge is 0.687 e. The predicted molar refractivity (Wildman–Crippen MR) is 224 cm³/mol. The molecule has 0 saturated carbocycles. The van der Waals surface area contributed by atoms with Crippen molar-refractivity contribution in [3.8, 4) is 0 Å². The van der Waals surface area contributed by atoms with E-state index in [0.29, 0.717) is 13.2 Å². The van der Waals surface area contributed by atoms with Crippen LogP contribution in [0.4, 0.5) is 0 Å². The van der Waals surface area contributed by atoms with Crippen molar-refractivity contribution in [3.05, 3.63) is 56.7 Å². The Balaban J connectivity index is -0.0000000619. The van der Waals surface area contributed by atoms with E-state index in [1.54, 1.807) is 67.2 Å². The van der Waals surface area contributed by atoms with E-state index in [1.165, 1.54) is 0 Å². The molecule has 0 aromatic heterocycles. The molecule has 52 heavy (non-hydrogen) atoms. The maximum Gasteiger partial charge on any atom is 4.00 e. The zero-order chi connectivity index (χ0) is 41.5. The number of nitrogens with zero attached hydrogens (tertiary/aromatic N) is 6. The van der Waals surface area contributed by atoms with Gasteiger partial charge in [-0.15, -0.1) is 22.2 Å². The second-order valence-corrected chi connectivity index (χ2v) is 15.2. The van der Waals surface area contributed by atoms with Crippen molar-refractivity contribution in [2.75, 3.05) is 55.6 Å². The third-order valence-electron chi connectivity index (χ3n) is 4.58. The van der Waals surface area contributed by atoms with Crippen molar-refractivity contribution in [3.63, 3.8) is 0 Å². The molecule has 0 saturated heterocycles. The normalized spacial score (nSPS) is 11.9. The van der Waals surface area contributed by atoms with Gasteiger partial charge in [0.2, 0.25) is 0 Å². The summed E-state index contributed by atoms with van der Waals surface area (Å²) in [6.07, 6.45) is 9.78. The molecule has 0 heterocycles. The van der Waals surface area contributed by atoms with Gasteiger partial charge in [0.1, 0.15) is 0 Å². The minimum Gasteiger partial charge on any atom is -0.687 e. The summed E-state index contributed by atoms with van der Waals surface area (Å²) in [4.78, 5) is 0. The molecule has 2 unspecified atom stereocenters. The van der Waals surface area contributed by atoms with Crippen LogP contribution in [0.2, 0.25) is 0 Å². The van der Waals surface area contributed by atoms with Gasteiger partial charge in [0.25, 0.3) is 0 Å². The molecule has 2 atom stereocenters. The summed E-state index contributed by atoms with van der Waals surface area (Å²) in [5.74, 6) is 0. The zero-order valence-corrected chi connectivity index (χ0v) is 41.2. The van der Waals surface area contributed by atoms with E-state index in [2.05, 4.69) is 124 Å². The first kappa shape index (κ1) is 73.0. The van der Waals surface area contributed by atoms with Crippen LogP contribution in [0.5, 0.6) is 0 Å². The molecule has 13 heteroatoms. The van der Waals surface area contributed by atoms with Crippen molar-refractivity contribution in [2.45, 2.75) is 177 Å². The number of rotatable bonds is 12. The Hall–Kier alpha value is -0.171. The molecule has 312 valence electrons. The Morgan fingerprint density at radius 1 is 0.442 bits per heavy atom. The molecule has 0 rings (SSSR count). The Labute approximate surface area is 355 Å². The maximum absolute atomic E-state index is 8.73. The molecule has 0 radical (unpaired) electrons. The molecule has 0 aromatic rings. The molecule has 0 spiro atoms. The van der Waals surface area contributed by atoms with Crippen molar-refractivity contribution in [1.29, 1.82) is 0 Å². The van der Waals surface area contributed by atoms with E-state index in [4.69, 9.17) is 15.3 Å². The fraction of sp³-hybridized carbons (Fsp3) is 0.897. The maximum atomic E-state index is 8.73. The van der Waals surface area contributed by atoms with Crippen molar-refractivity contribution < 1.29 is 68.2 Å². The van der Waals surface area contributed by atoms with Crippen LogP contribution >= 0.6 is 0 Å². The van der Waals surface area contributed by atoms with Gasteiger partial charge in [-0.1, -0.05) is 111 Å². The molecule has 0 aliphatic rings. The fourth-order valence-corrected chi connectivity index (χ4v) is 1.94. The fourth-order valence-electron chi connectivity index (χ4n) is 1.94. The van der Waals surface area contributed by atoms with E-state index in [9.17, 15) is 0 Å². The monoisotopic (exact) mass is 817 g/mol. The van der Waals surface area contributed by atoms with Crippen LogP contribution in [0, 0.1) is 0 Å². The summed E-state index contributed by atoms with van der Waals surface area (Å²) in [6, 6.07) is 0. The third-order valence-corrected chi connectivity index (χ3v) is 4.58. The number of hydrogen-bond donors (Lipinski definition) is 3. The summed E-state index contributed by atoms with van der Waals surface area (Å²) in [6.45, 7) is 33.5. The summed E-state index contributed by atoms with van der Waals surface area (Å²) in [7, 11) is 10.2. The molecular formula is C39H88N6O5Ti2. The predicted octanol–water partition coefficient (Wildman–Crippen LogP) is 10.8. The Morgan fingerprint density at radius 3 is 0.654 bits per heavy atom. The summed E-state index contributed by atoms with van der Waals surface area (Å²) in [5, 5.41) is 50.3. The van der Waals surface area contributed by atoms with Crippen LogP contribution in [-0.4, -0.2) is 111 Å². The van der Waals surface area contributed by atoms with Gasteiger partial charge in [-0.2, -0.15) is 28.2 Å². The van der Waals surface area contributed by atoms with Gasteiger partial charge in [0.05, 0.1) is 31.5 Å². The van der Waals surface area contributed by atoms with E-state index >= 15 is 0 Å². The third kappa shape index (κ3) is 117. The van der Waals surface area contributed by atoms with Gasteiger partial charge < -0.3 is 56.7 Å². The van der Waals surface area contributed by atoms with E-state index < -0.39 is 0 Å². The summed E-state index contributed by atoms with van der Waals surface area (Å²) in [5.41, 5.74) is 0.0155. The van der Waals surface area contributed by atoms with Crippen molar-refractivity contribution in [1.82, 2.24) is 0 Å². The number of hydrogen-bond acceptors (Lipinski definition) is 5. The van der Waals surface area contributed by atoms with Crippen LogP contribution < -0.4 is 0 Å². The van der Waals surface area contributed by atoms with E-state index in [0.717, 1.165) is 25.7 Å². The van der Waals surface area contributed by atoms with Crippen LogP contribution in [0.25, 0.3) is 31.9 Å². The van der Waals surface area contributed by atoms with E-state index in [-0.39, 0.29) is 83.9 Å². The van der Waals surface area contributed by atoms with Crippen molar-refractivity contribution in [2.24, 2.45) is 0 Å². The van der Waals surface area contributed by atoms with Crippen LogP contribution in [-0.2, 0) is 52.9 Å². The molecule has 0 aromatic carbocycles. The van der Waals surface area contributed by atoms with Crippen LogP contribution in [0.15, 0.2) is 24.8 Å². The standard InChI is InChI=1S/2C10H20N2.2C5H12O2.C5H12O.2C2H6N.2Ti/c2*1-9(2,3)11-7-8-12-10(4,5)6;2*1-3-5(6)4-7-2;1-3-5(6)4-2;2*1-3-2;;/h2*7-8H,1-6H3;2*5-6H,3-4H2,1-2H3;5-6H,3-4H2,1-2H3;2*1-2H3;;/q2*-2;;;;2*-1;+2;+4. The average Bonchev–Trinajstić information content (AvgIpc) is 2.97. The van der Waals surface area contributed by atoms with Gasteiger partial charge in [-0.3, -0.25) is 0 Å². The van der Waals surface area contributed by atoms with Gasteiger partial charge in [0.15, 0.2) is 0 Å². The molecule has 0 bridgehead atoms. The molecule has 3 N–H and O–H groups in total. The van der Waals surface area contributed by atoms with Gasteiger partial charge in [-0.25, -0.2) is 24.8 Å². The van der Waals surface area contributed by atoms with Gasteiger partial charge in [0, 0.05) is 14.2 Å². The molecule has 0 aliphatic heterocycles. The first-order chi connectivity index (χ1) is 22.7. The molecule has 0 amide bonds. The summed E-state index contributed by atoms with van der Waals surface area (Å²) >= 11 is 0. The zero-order valence-electron chi connectivity index (χ0n) is 38.1. The molecular weight excluding hydrogens is 728 g/mol. The van der Waals surface area contributed by atoms with Crippen LogP contribution in [0.3, 0.4) is 0 Å². The minimum absolute atomic E-state index is 0. The Morgan fingerprint density at radius 2 is 0.596 bits per heavy atom. The number of methoxy groups -OCH3 is 2. The molecule has 0 aliphatic carbocycles. The molecule has 11 nitrogen and oxygen atoms in total. The topological polar surface area (TPSA) is 164 Å². The number of aliphatic hydroxyl groups excluding tert-OH is 3. The first-order valence-corrected chi connectivity index (χ1v) is 17.8. The Kier molecular flexibility index (Phi) is 68.6. The SMILES string of the molecule is CC(C)(C)[N-]C=C[N-]C(C)(C)C.CC(C)(C)[N-]C=C[N-]C(C)(C)C.CCC(O)CC.CCC(O)COC.CCC(O)COC.C[N-]C.C[N-]C.[Ti+2].[Ti+4]. The summed E-state index contributed by atoms with van der Waals surface area (Å²) < 4.78 is 9.29. The number of aliphatic hydroxyl groups is 3. The second kappa shape index (κ2) is 48.8. The molecule has 0 fully saturated rings. The average molecular weight is 817 g/mol. The Bertz CT molecular complexity index is 588.